The van der Waals surface area contributed by atoms with Gasteiger partial charge in [-0.25, -0.2) is 9.97 Å². The summed E-state index contributed by atoms with van der Waals surface area (Å²) in [6, 6.07) is 2.14. The van der Waals surface area contributed by atoms with Crippen molar-refractivity contribution in [1.29, 1.82) is 0 Å². The van der Waals surface area contributed by atoms with Crippen LogP contribution >= 0.6 is 0 Å². The Morgan fingerprint density at radius 1 is 0.944 bits per heavy atom. The molecule has 0 aliphatic heterocycles. The van der Waals surface area contributed by atoms with E-state index in [1.807, 2.05) is 7.05 Å². The Labute approximate surface area is 109 Å². The largest absolute Gasteiger partial charge is 0.373 e. The molecule has 0 aromatic carbocycles. The lowest BCUT2D eigenvalue weighted by atomic mass is 9.99. The molecule has 0 atom stereocenters. The molecule has 18 heavy (non-hydrogen) atoms. The van der Waals surface area contributed by atoms with Gasteiger partial charge in [-0.1, -0.05) is 25.7 Å². The molecular weight excluding hydrogens is 222 g/mol. The van der Waals surface area contributed by atoms with E-state index in [0.29, 0.717) is 11.8 Å². The number of hydrogen-bond acceptors (Lipinski definition) is 3. The molecule has 0 amide bonds. The van der Waals surface area contributed by atoms with Gasteiger partial charge in [0.25, 0.3) is 0 Å². The van der Waals surface area contributed by atoms with E-state index in [2.05, 4.69) is 11.4 Å². The number of anilines is 1. The van der Waals surface area contributed by atoms with E-state index in [1.54, 1.807) is 0 Å². The van der Waals surface area contributed by atoms with Gasteiger partial charge in [0.15, 0.2) is 0 Å². The van der Waals surface area contributed by atoms with Gasteiger partial charge in [0, 0.05) is 30.6 Å². The van der Waals surface area contributed by atoms with Crippen LogP contribution < -0.4 is 5.32 Å². The fourth-order valence-corrected chi connectivity index (χ4v) is 2.92. The van der Waals surface area contributed by atoms with Gasteiger partial charge >= 0.3 is 0 Å². The predicted octanol–water partition coefficient (Wildman–Crippen LogP) is 3.83. The summed E-state index contributed by atoms with van der Waals surface area (Å²) in [7, 11) is 1.95. The minimum absolute atomic E-state index is 0.596. The lowest BCUT2D eigenvalue weighted by Crippen LogP contribution is -2.08. The van der Waals surface area contributed by atoms with E-state index >= 15 is 0 Å². The fraction of sp³-hybridized carbons (Fsp3) is 0.733. The summed E-state index contributed by atoms with van der Waals surface area (Å²) >= 11 is 0. The Hall–Kier alpha value is -1.12. The zero-order chi connectivity index (χ0) is 12.4. The highest BCUT2D eigenvalue weighted by Crippen LogP contribution is 2.40. The van der Waals surface area contributed by atoms with Gasteiger partial charge in [0.05, 0.1) is 0 Å². The molecule has 1 heterocycles. The molecule has 2 aliphatic carbocycles. The van der Waals surface area contributed by atoms with E-state index in [9.17, 15) is 0 Å². The van der Waals surface area contributed by atoms with Gasteiger partial charge in [-0.15, -0.1) is 0 Å². The average Bonchev–Trinajstić information content (AvgIpc) is 3.24. The van der Waals surface area contributed by atoms with Crippen LogP contribution in [0.1, 0.15) is 74.7 Å². The van der Waals surface area contributed by atoms with E-state index in [-0.39, 0.29) is 0 Å². The molecular formula is C15H23N3. The summed E-state index contributed by atoms with van der Waals surface area (Å²) in [5.74, 6) is 3.42. The van der Waals surface area contributed by atoms with Gasteiger partial charge in [-0.2, -0.15) is 0 Å². The van der Waals surface area contributed by atoms with Gasteiger partial charge in [0.2, 0.25) is 0 Å². The van der Waals surface area contributed by atoms with Crippen molar-refractivity contribution in [2.75, 3.05) is 12.4 Å². The van der Waals surface area contributed by atoms with Gasteiger partial charge in [-0.05, 0) is 25.7 Å². The Morgan fingerprint density at radius 2 is 1.67 bits per heavy atom. The lowest BCUT2D eigenvalue weighted by Gasteiger charge is -2.15. The van der Waals surface area contributed by atoms with Crippen molar-refractivity contribution in [2.45, 2.75) is 63.2 Å². The molecule has 3 heteroatoms. The van der Waals surface area contributed by atoms with Crippen molar-refractivity contribution in [2.24, 2.45) is 0 Å². The molecule has 2 aliphatic rings. The molecule has 2 fully saturated rings. The molecule has 2 saturated carbocycles. The maximum Gasteiger partial charge on any atom is 0.134 e. The second-order valence-corrected chi connectivity index (χ2v) is 5.75. The maximum absolute atomic E-state index is 4.86. The molecule has 1 aromatic rings. The highest BCUT2D eigenvalue weighted by atomic mass is 15.0. The molecule has 0 radical (unpaired) electrons. The van der Waals surface area contributed by atoms with Crippen LogP contribution in [-0.4, -0.2) is 17.0 Å². The summed E-state index contributed by atoms with van der Waals surface area (Å²) in [5, 5.41) is 3.19. The highest BCUT2D eigenvalue weighted by molar-refractivity contribution is 5.37. The number of aromatic nitrogens is 2. The maximum atomic E-state index is 4.86. The molecule has 0 unspecified atom stereocenters. The Kier molecular flexibility index (Phi) is 3.48. The topological polar surface area (TPSA) is 37.8 Å². The molecule has 0 bridgehead atoms. The van der Waals surface area contributed by atoms with Crippen LogP contribution in [0.5, 0.6) is 0 Å². The Bertz CT molecular complexity index is 404. The Morgan fingerprint density at radius 3 is 2.28 bits per heavy atom. The molecule has 0 spiro atoms. The van der Waals surface area contributed by atoms with E-state index in [0.717, 1.165) is 11.6 Å². The van der Waals surface area contributed by atoms with E-state index in [1.165, 1.54) is 57.1 Å². The van der Waals surface area contributed by atoms with Crippen LogP contribution in [0.3, 0.4) is 0 Å². The van der Waals surface area contributed by atoms with Crippen molar-refractivity contribution in [3.05, 3.63) is 17.6 Å². The smallest absolute Gasteiger partial charge is 0.134 e. The van der Waals surface area contributed by atoms with Crippen LogP contribution in [-0.2, 0) is 0 Å². The Balaban J connectivity index is 1.86. The first kappa shape index (κ1) is 11.9. The third-order valence-electron chi connectivity index (χ3n) is 4.24. The monoisotopic (exact) mass is 245 g/mol. The van der Waals surface area contributed by atoms with Crippen molar-refractivity contribution in [3.8, 4) is 0 Å². The normalized spacial score (nSPS) is 21.6. The highest BCUT2D eigenvalue weighted by Gasteiger charge is 2.27. The predicted molar refractivity (Wildman–Crippen MR) is 74.0 cm³/mol. The number of rotatable bonds is 3. The van der Waals surface area contributed by atoms with E-state index < -0.39 is 0 Å². The van der Waals surface area contributed by atoms with Gasteiger partial charge in [0.1, 0.15) is 11.6 Å². The molecule has 0 saturated heterocycles. The lowest BCUT2D eigenvalue weighted by molar-refractivity contribution is 0.558. The van der Waals surface area contributed by atoms with Gasteiger partial charge < -0.3 is 5.32 Å². The minimum Gasteiger partial charge on any atom is -0.373 e. The number of nitrogens with zero attached hydrogens (tertiary/aromatic N) is 2. The quantitative estimate of drug-likeness (QED) is 0.822. The molecule has 3 nitrogen and oxygen atoms in total. The van der Waals surface area contributed by atoms with Crippen LogP contribution in [0.2, 0.25) is 0 Å². The summed E-state index contributed by atoms with van der Waals surface area (Å²) in [6.45, 7) is 0. The molecule has 98 valence electrons. The SMILES string of the molecule is CNc1cc(C2CC2)nc(C2CCCCCC2)n1. The molecule has 3 rings (SSSR count). The first-order valence-electron chi connectivity index (χ1n) is 7.43. The number of nitrogens with one attached hydrogen (secondary N) is 1. The fourth-order valence-electron chi connectivity index (χ4n) is 2.92. The summed E-state index contributed by atoms with van der Waals surface area (Å²) in [6.07, 6.45) is 10.6. The summed E-state index contributed by atoms with van der Waals surface area (Å²) in [4.78, 5) is 9.56. The number of hydrogen-bond donors (Lipinski definition) is 1. The van der Waals surface area contributed by atoms with Crippen molar-refractivity contribution in [1.82, 2.24) is 9.97 Å². The van der Waals surface area contributed by atoms with Crippen LogP contribution in [0.4, 0.5) is 5.82 Å². The average molecular weight is 245 g/mol. The summed E-state index contributed by atoms with van der Waals surface area (Å²) < 4.78 is 0. The third kappa shape index (κ3) is 2.65. The van der Waals surface area contributed by atoms with Crippen molar-refractivity contribution < 1.29 is 0 Å². The molecule has 1 aromatic heterocycles. The zero-order valence-electron chi connectivity index (χ0n) is 11.3. The van der Waals surface area contributed by atoms with Crippen LogP contribution in [0, 0.1) is 0 Å². The third-order valence-corrected chi connectivity index (χ3v) is 4.24. The zero-order valence-corrected chi connectivity index (χ0v) is 11.3. The van der Waals surface area contributed by atoms with Crippen molar-refractivity contribution in [3.63, 3.8) is 0 Å². The van der Waals surface area contributed by atoms with Gasteiger partial charge in [-0.3, -0.25) is 0 Å². The van der Waals surface area contributed by atoms with Crippen LogP contribution in [0.15, 0.2) is 6.07 Å². The van der Waals surface area contributed by atoms with Crippen molar-refractivity contribution >= 4 is 5.82 Å². The van der Waals surface area contributed by atoms with Crippen LogP contribution in [0.25, 0.3) is 0 Å². The standard InChI is InChI=1S/C15H23N3/c1-16-14-10-13(11-8-9-11)17-15(18-14)12-6-4-2-3-5-7-12/h10-12H,2-9H2,1H3,(H,16,17,18). The first-order chi connectivity index (χ1) is 8.86. The second-order valence-electron chi connectivity index (χ2n) is 5.75. The first-order valence-corrected chi connectivity index (χ1v) is 7.43. The second kappa shape index (κ2) is 5.25. The molecule has 1 N–H and O–H groups in total. The van der Waals surface area contributed by atoms with E-state index in [4.69, 9.17) is 9.97 Å². The minimum atomic E-state index is 0.596. The summed E-state index contributed by atoms with van der Waals surface area (Å²) in [5.41, 5.74) is 1.27.